The summed E-state index contributed by atoms with van der Waals surface area (Å²) in [4.78, 5) is 14.2. The Bertz CT molecular complexity index is 390. The summed E-state index contributed by atoms with van der Waals surface area (Å²) in [5, 5.41) is 3.22. The predicted octanol–water partition coefficient (Wildman–Crippen LogP) is 2.59. The maximum absolute atomic E-state index is 12.4. The Labute approximate surface area is 110 Å². The first-order chi connectivity index (χ1) is 8.60. The number of hydrogen-bond acceptors (Lipinski definition) is 2. The Morgan fingerprint density at radius 1 is 1.39 bits per heavy atom. The molecular formula is C15H24N2O. The van der Waals surface area contributed by atoms with Crippen molar-refractivity contribution in [3.63, 3.8) is 0 Å². The van der Waals surface area contributed by atoms with Crippen molar-refractivity contribution in [2.24, 2.45) is 5.92 Å². The van der Waals surface area contributed by atoms with Crippen molar-refractivity contribution in [2.45, 2.75) is 27.7 Å². The van der Waals surface area contributed by atoms with Crippen molar-refractivity contribution < 1.29 is 4.79 Å². The van der Waals surface area contributed by atoms with Crippen LogP contribution in [0.3, 0.4) is 0 Å². The van der Waals surface area contributed by atoms with E-state index in [0.29, 0.717) is 6.54 Å². The van der Waals surface area contributed by atoms with Gasteiger partial charge in [-0.1, -0.05) is 26.0 Å². The standard InChI is InChI=1S/C15H24N2O/c1-5-16-11-13(4)15(18)17(6-2)14-9-7-8-12(3)10-14/h7-10,13,16H,5-6,11H2,1-4H3. The number of nitrogens with one attached hydrogen (secondary N) is 1. The summed E-state index contributed by atoms with van der Waals surface area (Å²) in [6.45, 7) is 10.4. The first-order valence-electron chi connectivity index (χ1n) is 6.68. The van der Waals surface area contributed by atoms with E-state index < -0.39 is 0 Å². The van der Waals surface area contributed by atoms with Crippen LogP contribution in [0.5, 0.6) is 0 Å². The normalized spacial score (nSPS) is 12.2. The van der Waals surface area contributed by atoms with Crippen LogP contribution in [0, 0.1) is 12.8 Å². The molecule has 3 nitrogen and oxygen atoms in total. The number of anilines is 1. The number of benzene rings is 1. The largest absolute Gasteiger partial charge is 0.316 e. The van der Waals surface area contributed by atoms with E-state index in [4.69, 9.17) is 0 Å². The molecule has 0 fully saturated rings. The van der Waals surface area contributed by atoms with Gasteiger partial charge in [0.25, 0.3) is 0 Å². The Balaban J connectivity index is 2.79. The van der Waals surface area contributed by atoms with Gasteiger partial charge in [0.1, 0.15) is 0 Å². The highest BCUT2D eigenvalue weighted by atomic mass is 16.2. The van der Waals surface area contributed by atoms with E-state index in [0.717, 1.165) is 18.8 Å². The topological polar surface area (TPSA) is 32.3 Å². The summed E-state index contributed by atoms with van der Waals surface area (Å²) in [7, 11) is 0. The molecule has 1 rings (SSSR count). The van der Waals surface area contributed by atoms with Gasteiger partial charge in [-0.2, -0.15) is 0 Å². The third-order valence-corrected chi connectivity index (χ3v) is 3.02. The van der Waals surface area contributed by atoms with Crippen molar-refractivity contribution in [1.82, 2.24) is 5.32 Å². The van der Waals surface area contributed by atoms with Crippen LogP contribution in [0.4, 0.5) is 5.69 Å². The summed E-state index contributed by atoms with van der Waals surface area (Å²) in [6, 6.07) is 8.09. The smallest absolute Gasteiger partial charge is 0.231 e. The Kier molecular flexibility index (Phi) is 5.86. The fourth-order valence-electron chi connectivity index (χ4n) is 1.98. The van der Waals surface area contributed by atoms with Gasteiger partial charge >= 0.3 is 0 Å². The maximum Gasteiger partial charge on any atom is 0.231 e. The number of rotatable bonds is 6. The van der Waals surface area contributed by atoms with Crippen molar-refractivity contribution in [1.29, 1.82) is 0 Å². The van der Waals surface area contributed by atoms with Crippen LogP contribution in [-0.2, 0) is 4.79 Å². The third-order valence-electron chi connectivity index (χ3n) is 3.02. The number of carbonyl (C=O) groups is 1. The molecule has 0 heterocycles. The number of hydrogen-bond donors (Lipinski definition) is 1. The van der Waals surface area contributed by atoms with E-state index in [1.165, 1.54) is 5.56 Å². The fourth-order valence-corrected chi connectivity index (χ4v) is 1.98. The lowest BCUT2D eigenvalue weighted by atomic mass is 10.1. The Hall–Kier alpha value is -1.35. The molecule has 0 radical (unpaired) electrons. The fraction of sp³-hybridized carbons (Fsp3) is 0.533. The van der Waals surface area contributed by atoms with Crippen molar-refractivity contribution in [3.05, 3.63) is 29.8 Å². The zero-order valence-corrected chi connectivity index (χ0v) is 11.9. The minimum absolute atomic E-state index is 0.00501. The highest BCUT2D eigenvalue weighted by Crippen LogP contribution is 2.18. The zero-order chi connectivity index (χ0) is 13.5. The second-order valence-electron chi connectivity index (χ2n) is 4.63. The average molecular weight is 248 g/mol. The van der Waals surface area contributed by atoms with E-state index in [2.05, 4.69) is 18.3 Å². The molecule has 0 aromatic heterocycles. The summed E-state index contributed by atoms with van der Waals surface area (Å²) < 4.78 is 0. The quantitative estimate of drug-likeness (QED) is 0.839. The predicted molar refractivity (Wildman–Crippen MR) is 76.9 cm³/mol. The van der Waals surface area contributed by atoms with Crippen molar-refractivity contribution in [2.75, 3.05) is 24.5 Å². The number of nitrogens with zero attached hydrogens (tertiary/aromatic N) is 1. The first kappa shape index (κ1) is 14.7. The minimum atomic E-state index is 0.00501. The van der Waals surface area contributed by atoms with Crippen LogP contribution in [0.1, 0.15) is 26.3 Å². The lowest BCUT2D eigenvalue weighted by Crippen LogP contribution is -2.39. The molecule has 1 amide bonds. The lowest BCUT2D eigenvalue weighted by Gasteiger charge is -2.25. The van der Waals surface area contributed by atoms with Crippen LogP contribution in [0.2, 0.25) is 0 Å². The number of amides is 1. The first-order valence-corrected chi connectivity index (χ1v) is 6.68. The molecule has 1 aromatic rings. The van der Waals surface area contributed by atoms with Gasteiger partial charge in [0.15, 0.2) is 0 Å². The summed E-state index contributed by atoms with van der Waals surface area (Å²) >= 11 is 0. The van der Waals surface area contributed by atoms with Crippen molar-refractivity contribution >= 4 is 11.6 Å². The minimum Gasteiger partial charge on any atom is -0.316 e. The van der Waals surface area contributed by atoms with E-state index in [1.807, 2.05) is 43.9 Å². The molecule has 0 spiro atoms. The van der Waals surface area contributed by atoms with Gasteiger partial charge in [0.05, 0.1) is 0 Å². The van der Waals surface area contributed by atoms with Crippen LogP contribution in [0.15, 0.2) is 24.3 Å². The number of aryl methyl sites for hydroxylation is 1. The Morgan fingerprint density at radius 2 is 2.11 bits per heavy atom. The summed E-state index contributed by atoms with van der Waals surface area (Å²) in [6.07, 6.45) is 0. The van der Waals surface area contributed by atoms with Crippen LogP contribution >= 0.6 is 0 Å². The highest BCUT2D eigenvalue weighted by molar-refractivity contribution is 5.95. The van der Waals surface area contributed by atoms with E-state index >= 15 is 0 Å². The van der Waals surface area contributed by atoms with Gasteiger partial charge in [-0.05, 0) is 38.1 Å². The SMILES string of the molecule is CCNCC(C)C(=O)N(CC)c1cccc(C)c1. The van der Waals surface area contributed by atoms with Gasteiger partial charge < -0.3 is 10.2 Å². The van der Waals surface area contributed by atoms with Crippen molar-refractivity contribution in [3.8, 4) is 0 Å². The highest BCUT2D eigenvalue weighted by Gasteiger charge is 2.20. The zero-order valence-electron chi connectivity index (χ0n) is 11.9. The molecule has 0 bridgehead atoms. The van der Waals surface area contributed by atoms with Gasteiger partial charge in [-0.3, -0.25) is 4.79 Å². The van der Waals surface area contributed by atoms with Gasteiger partial charge in [0.2, 0.25) is 5.91 Å². The van der Waals surface area contributed by atoms with Gasteiger partial charge in [-0.15, -0.1) is 0 Å². The molecule has 100 valence electrons. The Morgan fingerprint density at radius 3 is 2.67 bits per heavy atom. The lowest BCUT2D eigenvalue weighted by molar-refractivity contribution is -0.121. The molecule has 0 aliphatic rings. The third kappa shape index (κ3) is 3.84. The number of carbonyl (C=O) groups excluding carboxylic acids is 1. The molecule has 18 heavy (non-hydrogen) atoms. The molecule has 0 saturated carbocycles. The summed E-state index contributed by atoms with van der Waals surface area (Å²) in [5.74, 6) is 0.189. The van der Waals surface area contributed by atoms with Crippen LogP contribution < -0.4 is 10.2 Å². The van der Waals surface area contributed by atoms with E-state index in [1.54, 1.807) is 0 Å². The molecule has 1 N–H and O–H groups in total. The van der Waals surface area contributed by atoms with Crippen LogP contribution in [0.25, 0.3) is 0 Å². The van der Waals surface area contributed by atoms with Gasteiger partial charge in [-0.25, -0.2) is 0 Å². The monoisotopic (exact) mass is 248 g/mol. The molecule has 1 aromatic carbocycles. The van der Waals surface area contributed by atoms with E-state index in [9.17, 15) is 4.79 Å². The second-order valence-corrected chi connectivity index (χ2v) is 4.63. The molecule has 0 aliphatic carbocycles. The van der Waals surface area contributed by atoms with Gasteiger partial charge in [0, 0.05) is 24.7 Å². The molecular weight excluding hydrogens is 224 g/mol. The molecule has 0 aliphatic heterocycles. The second kappa shape index (κ2) is 7.17. The molecule has 1 unspecified atom stereocenters. The van der Waals surface area contributed by atoms with Crippen LogP contribution in [-0.4, -0.2) is 25.5 Å². The van der Waals surface area contributed by atoms with E-state index in [-0.39, 0.29) is 11.8 Å². The molecule has 3 heteroatoms. The maximum atomic E-state index is 12.4. The summed E-state index contributed by atoms with van der Waals surface area (Å²) in [5.41, 5.74) is 2.17. The average Bonchev–Trinajstić information content (AvgIpc) is 2.36. The molecule has 1 atom stereocenters. The molecule has 0 saturated heterocycles.